The van der Waals surface area contributed by atoms with Crippen LogP contribution in [0.1, 0.15) is 28.2 Å². The zero-order chi connectivity index (χ0) is 16.4. The third kappa shape index (κ3) is 3.20. The van der Waals surface area contributed by atoms with E-state index >= 15 is 0 Å². The maximum atomic E-state index is 12.6. The Hall–Kier alpha value is -1.99. The van der Waals surface area contributed by atoms with Gasteiger partial charge in [-0.15, -0.1) is 11.3 Å². The normalized spacial score (nSPS) is 23.7. The molecule has 23 heavy (non-hydrogen) atoms. The van der Waals surface area contributed by atoms with Gasteiger partial charge in [0.2, 0.25) is 0 Å². The molecule has 3 rings (SSSR count). The number of carbonyl (C=O) groups is 1. The molecule has 0 saturated heterocycles. The Balaban J connectivity index is 1.67. The van der Waals surface area contributed by atoms with Crippen molar-refractivity contribution in [2.75, 3.05) is 7.05 Å². The fraction of sp³-hybridized carbons (Fsp3) is 0.438. The van der Waals surface area contributed by atoms with Crippen molar-refractivity contribution >= 4 is 17.2 Å². The molecule has 2 heterocycles. The summed E-state index contributed by atoms with van der Waals surface area (Å²) in [6, 6.07) is 3.34. The number of hydrogen-bond acceptors (Lipinski definition) is 6. The Kier molecular flexibility index (Phi) is 4.58. The molecule has 122 valence electrons. The number of pyridine rings is 1. The number of rotatable bonds is 4. The maximum absolute atomic E-state index is 12.6. The van der Waals surface area contributed by atoms with E-state index in [2.05, 4.69) is 9.97 Å². The number of amides is 1. The van der Waals surface area contributed by atoms with E-state index in [1.807, 2.05) is 13.0 Å². The molecule has 2 aromatic rings. The molecule has 1 saturated carbocycles. The first-order valence-corrected chi connectivity index (χ1v) is 8.38. The van der Waals surface area contributed by atoms with Gasteiger partial charge < -0.3 is 14.7 Å². The molecular formula is C16H19N3O3S. The molecule has 1 aliphatic carbocycles. The van der Waals surface area contributed by atoms with Crippen molar-refractivity contribution in [2.45, 2.75) is 38.0 Å². The van der Waals surface area contributed by atoms with E-state index in [1.165, 1.54) is 11.3 Å². The van der Waals surface area contributed by atoms with Crippen LogP contribution < -0.4 is 4.74 Å². The number of carbonyl (C=O) groups excluding carboxylic acids is 1. The van der Waals surface area contributed by atoms with Crippen LogP contribution in [0, 0.1) is 6.92 Å². The fourth-order valence-electron chi connectivity index (χ4n) is 2.89. The van der Waals surface area contributed by atoms with Gasteiger partial charge in [0.1, 0.15) is 22.8 Å². The molecular weight excluding hydrogens is 314 g/mol. The highest BCUT2D eigenvalue weighted by Gasteiger charge is 2.40. The number of nitrogens with zero attached hydrogens (tertiary/aromatic N) is 3. The first-order valence-electron chi connectivity index (χ1n) is 7.50. The van der Waals surface area contributed by atoms with Crippen molar-refractivity contribution in [1.29, 1.82) is 0 Å². The van der Waals surface area contributed by atoms with Crippen LogP contribution in [0.3, 0.4) is 0 Å². The molecule has 0 radical (unpaired) electrons. The van der Waals surface area contributed by atoms with Gasteiger partial charge in [-0.3, -0.25) is 9.78 Å². The lowest BCUT2D eigenvalue weighted by molar-refractivity contribution is 0.0167. The van der Waals surface area contributed by atoms with Gasteiger partial charge in [0, 0.05) is 13.2 Å². The molecule has 1 fully saturated rings. The van der Waals surface area contributed by atoms with Gasteiger partial charge in [-0.2, -0.15) is 0 Å². The smallest absolute Gasteiger partial charge is 0.265 e. The average Bonchev–Trinajstić information content (AvgIpc) is 3.14. The van der Waals surface area contributed by atoms with Crippen LogP contribution in [0.25, 0.3) is 0 Å². The number of aryl methyl sites for hydroxylation is 1. The summed E-state index contributed by atoms with van der Waals surface area (Å²) in [6.45, 7) is 1.82. The molecule has 1 aliphatic rings. The second-order valence-electron chi connectivity index (χ2n) is 5.66. The molecule has 0 unspecified atom stereocenters. The summed E-state index contributed by atoms with van der Waals surface area (Å²) in [5.41, 5.74) is 2.39. The van der Waals surface area contributed by atoms with E-state index in [9.17, 15) is 9.90 Å². The lowest BCUT2D eigenvalue weighted by Crippen LogP contribution is -2.45. The zero-order valence-electron chi connectivity index (χ0n) is 13.0. The van der Waals surface area contributed by atoms with Gasteiger partial charge in [0.05, 0.1) is 23.4 Å². The lowest BCUT2D eigenvalue weighted by Gasteiger charge is -2.28. The summed E-state index contributed by atoms with van der Waals surface area (Å²) in [6.07, 6.45) is 3.63. The van der Waals surface area contributed by atoms with Crippen LogP contribution in [0.15, 0.2) is 30.0 Å². The van der Waals surface area contributed by atoms with Gasteiger partial charge in [0.15, 0.2) is 0 Å². The van der Waals surface area contributed by atoms with Gasteiger partial charge in [-0.1, -0.05) is 0 Å². The second-order valence-corrected chi connectivity index (χ2v) is 6.52. The molecule has 0 aromatic carbocycles. The highest BCUT2D eigenvalue weighted by molar-refractivity contribution is 7.11. The van der Waals surface area contributed by atoms with E-state index in [0.29, 0.717) is 23.5 Å². The van der Waals surface area contributed by atoms with E-state index in [0.717, 1.165) is 5.69 Å². The highest BCUT2D eigenvalue weighted by Crippen LogP contribution is 2.29. The van der Waals surface area contributed by atoms with Crippen LogP contribution in [0.5, 0.6) is 5.75 Å². The summed E-state index contributed by atoms with van der Waals surface area (Å²) in [5, 5.41) is 10.5. The standard InChI is InChI=1S/C16H19N3O3S/c1-10-15(23-9-18-10)16(21)19(2)12-5-6-13(14(12)20)22-11-4-3-7-17-8-11/h3-4,7-9,12-14,20H,5-6H2,1-2H3/t12-,13-,14-/m1/s1. The Morgan fingerprint density at radius 2 is 2.30 bits per heavy atom. The first kappa shape index (κ1) is 15.9. The monoisotopic (exact) mass is 333 g/mol. The third-order valence-corrected chi connectivity index (χ3v) is 5.12. The largest absolute Gasteiger partial charge is 0.486 e. The van der Waals surface area contributed by atoms with Crippen molar-refractivity contribution in [1.82, 2.24) is 14.9 Å². The highest BCUT2D eigenvalue weighted by atomic mass is 32.1. The maximum Gasteiger partial charge on any atom is 0.265 e. The van der Waals surface area contributed by atoms with Gasteiger partial charge in [-0.25, -0.2) is 4.98 Å². The summed E-state index contributed by atoms with van der Waals surface area (Å²) < 4.78 is 5.80. The number of aliphatic hydroxyl groups excluding tert-OH is 1. The number of aliphatic hydroxyl groups is 1. The topological polar surface area (TPSA) is 75.6 Å². The molecule has 1 amide bonds. The van der Waals surface area contributed by atoms with Gasteiger partial charge in [0.25, 0.3) is 5.91 Å². The molecule has 1 N–H and O–H groups in total. The molecule has 7 heteroatoms. The summed E-state index contributed by atoms with van der Waals surface area (Å²) in [7, 11) is 1.72. The Morgan fingerprint density at radius 1 is 1.48 bits per heavy atom. The third-order valence-electron chi connectivity index (χ3n) is 4.20. The summed E-state index contributed by atoms with van der Waals surface area (Å²) in [4.78, 5) is 22.9. The van der Waals surface area contributed by atoms with Crippen molar-refractivity contribution in [3.63, 3.8) is 0 Å². The number of thiazole rings is 1. The van der Waals surface area contributed by atoms with Crippen molar-refractivity contribution < 1.29 is 14.6 Å². The lowest BCUT2D eigenvalue weighted by atomic mass is 10.1. The molecule has 3 atom stereocenters. The zero-order valence-corrected chi connectivity index (χ0v) is 13.9. The van der Waals surface area contributed by atoms with Crippen LogP contribution >= 0.6 is 11.3 Å². The van der Waals surface area contributed by atoms with Gasteiger partial charge >= 0.3 is 0 Å². The number of likely N-dealkylation sites (N-methyl/N-ethyl adjacent to an activating group) is 1. The van der Waals surface area contributed by atoms with Gasteiger partial charge in [-0.05, 0) is 31.9 Å². The van der Waals surface area contributed by atoms with E-state index in [1.54, 1.807) is 35.9 Å². The molecule has 0 bridgehead atoms. The minimum atomic E-state index is -0.725. The van der Waals surface area contributed by atoms with Crippen LogP contribution in [0.2, 0.25) is 0 Å². The van der Waals surface area contributed by atoms with E-state index < -0.39 is 6.10 Å². The van der Waals surface area contributed by atoms with Crippen molar-refractivity contribution in [3.05, 3.63) is 40.6 Å². The van der Waals surface area contributed by atoms with Crippen LogP contribution in [-0.2, 0) is 0 Å². The molecule has 2 aromatic heterocycles. The minimum absolute atomic E-state index is 0.101. The number of aromatic nitrogens is 2. The quantitative estimate of drug-likeness (QED) is 0.925. The number of ether oxygens (including phenoxy) is 1. The molecule has 0 aliphatic heterocycles. The van der Waals surface area contributed by atoms with Crippen LogP contribution in [-0.4, -0.2) is 51.2 Å². The van der Waals surface area contributed by atoms with E-state index in [4.69, 9.17) is 4.74 Å². The predicted molar refractivity (Wildman–Crippen MR) is 86.6 cm³/mol. The molecule has 6 nitrogen and oxygen atoms in total. The first-order chi connectivity index (χ1) is 11.1. The summed E-state index contributed by atoms with van der Waals surface area (Å²) in [5.74, 6) is 0.528. The van der Waals surface area contributed by atoms with E-state index in [-0.39, 0.29) is 18.1 Å². The fourth-order valence-corrected chi connectivity index (χ4v) is 3.67. The second kappa shape index (κ2) is 6.64. The van der Waals surface area contributed by atoms with Crippen molar-refractivity contribution in [3.8, 4) is 5.75 Å². The Labute approximate surface area is 138 Å². The van der Waals surface area contributed by atoms with Crippen molar-refractivity contribution in [2.24, 2.45) is 0 Å². The predicted octanol–water partition coefficient (Wildman–Crippen LogP) is 1.89. The SMILES string of the molecule is Cc1ncsc1C(=O)N(C)[C@@H]1CC[C@@H](Oc2cccnc2)[C@@H]1O. The average molecular weight is 333 g/mol. The molecule has 0 spiro atoms. The summed E-state index contributed by atoms with van der Waals surface area (Å²) >= 11 is 1.33. The van der Waals surface area contributed by atoms with Crippen LogP contribution in [0.4, 0.5) is 0 Å². The number of hydrogen-bond donors (Lipinski definition) is 1. The Bertz CT molecular complexity index is 676. The minimum Gasteiger partial charge on any atom is -0.486 e. The Morgan fingerprint density at radius 3 is 2.96 bits per heavy atom.